The van der Waals surface area contributed by atoms with Crippen molar-refractivity contribution in [3.8, 4) is 17.0 Å². The number of benzene rings is 2. The molecule has 1 amide bonds. The minimum absolute atomic E-state index is 0.0979. The summed E-state index contributed by atoms with van der Waals surface area (Å²) >= 11 is 1.56. The number of ether oxygens (including phenoxy) is 1. The fourth-order valence-electron chi connectivity index (χ4n) is 2.91. The SMILES string of the molecule is COc1ccccc1-c1csc(N(C)Cc2ccc(C(=O)NCCC(=O)O)cc2)n1. The third-order valence-electron chi connectivity index (χ3n) is 4.46. The zero-order valence-corrected chi connectivity index (χ0v) is 17.6. The summed E-state index contributed by atoms with van der Waals surface area (Å²) in [5, 5.41) is 14.1. The first-order chi connectivity index (χ1) is 14.5. The lowest BCUT2D eigenvalue weighted by molar-refractivity contribution is -0.136. The largest absolute Gasteiger partial charge is 0.496 e. The van der Waals surface area contributed by atoms with Crippen molar-refractivity contribution in [2.45, 2.75) is 13.0 Å². The average molecular weight is 426 g/mol. The van der Waals surface area contributed by atoms with Gasteiger partial charge in [-0.15, -0.1) is 11.3 Å². The van der Waals surface area contributed by atoms with Crippen LogP contribution >= 0.6 is 11.3 Å². The molecule has 2 aromatic carbocycles. The van der Waals surface area contributed by atoms with Crippen molar-refractivity contribution in [1.82, 2.24) is 10.3 Å². The maximum atomic E-state index is 12.0. The van der Waals surface area contributed by atoms with E-state index in [4.69, 9.17) is 14.8 Å². The number of hydrogen-bond donors (Lipinski definition) is 2. The molecule has 7 nitrogen and oxygen atoms in total. The van der Waals surface area contributed by atoms with Gasteiger partial charge >= 0.3 is 5.97 Å². The zero-order valence-electron chi connectivity index (χ0n) is 16.8. The van der Waals surface area contributed by atoms with Crippen LogP contribution in [0.3, 0.4) is 0 Å². The Kier molecular flexibility index (Phi) is 7.03. The number of anilines is 1. The predicted octanol–water partition coefficient (Wildman–Crippen LogP) is 3.66. The number of carboxylic acids is 1. The molecule has 3 aromatic rings. The summed E-state index contributed by atoms with van der Waals surface area (Å²) in [7, 11) is 3.62. The Balaban J connectivity index is 1.62. The number of rotatable bonds is 9. The van der Waals surface area contributed by atoms with Gasteiger partial charge in [-0.05, 0) is 29.8 Å². The first-order valence-corrected chi connectivity index (χ1v) is 10.2. The van der Waals surface area contributed by atoms with E-state index in [1.807, 2.05) is 53.7 Å². The van der Waals surface area contributed by atoms with E-state index in [9.17, 15) is 9.59 Å². The van der Waals surface area contributed by atoms with E-state index in [2.05, 4.69) is 5.32 Å². The number of aliphatic carboxylic acids is 1. The van der Waals surface area contributed by atoms with Crippen LogP contribution in [0.25, 0.3) is 11.3 Å². The smallest absolute Gasteiger partial charge is 0.305 e. The molecule has 0 fully saturated rings. The van der Waals surface area contributed by atoms with Crippen molar-refractivity contribution in [1.29, 1.82) is 0 Å². The molecular formula is C22H23N3O4S. The van der Waals surface area contributed by atoms with Crippen LogP contribution in [0.1, 0.15) is 22.3 Å². The Morgan fingerprint density at radius 1 is 1.17 bits per heavy atom. The summed E-state index contributed by atoms with van der Waals surface area (Å²) in [5.74, 6) is -0.434. The van der Waals surface area contributed by atoms with Crippen molar-refractivity contribution in [2.75, 3.05) is 25.6 Å². The second-order valence-corrected chi connectivity index (χ2v) is 7.50. The van der Waals surface area contributed by atoms with Crippen LogP contribution in [0, 0.1) is 0 Å². The van der Waals surface area contributed by atoms with E-state index in [0.717, 1.165) is 27.7 Å². The maximum Gasteiger partial charge on any atom is 0.305 e. The molecule has 8 heteroatoms. The molecule has 2 N–H and O–H groups in total. The molecule has 0 saturated heterocycles. The normalized spacial score (nSPS) is 10.5. The minimum Gasteiger partial charge on any atom is -0.496 e. The number of methoxy groups -OCH3 is 1. The van der Waals surface area contributed by atoms with Crippen molar-refractivity contribution in [2.24, 2.45) is 0 Å². The van der Waals surface area contributed by atoms with Crippen molar-refractivity contribution in [3.05, 3.63) is 65.0 Å². The molecule has 30 heavy (non-hydrogen) atoms. The van der Waals surface area contributed by atoms with Crippen LogP contribution in [0.15, 0.2) is 53.9 Å². The Labute approximate surface area is 179 Å². The molecule has 0 radical (unpaired) electrons. The van der Waals surface area contributed by atoms with Gasteiger partial charge in [-0.2, -0.15) is 0 Å². The van der Waals surface area contributed by atoms with Crippen LogP contribution < -0.4 is 15.0 Å². The highest BCUT2D eigenvalue weighted by molar-refractivity contribution is 7.14. The molecule has 0 aliphatic rings. The Hall–Kier alpha value is -3.39. The first kappa shape index (κ1) is 21.3. The lowest BCUT2D eigenvalue weighted by atomic mass is 10.1. The molecular weight excluding hydrogens is 402 g/mol. The van der Waals surface area contributed by atoms with Gasteiger partial charge in [-0.3, -0.25) is 9.59 Å². The molecule has 1 heterocycles. The summed E-state index contributed by atoms with van der Waals surface area (Å²) < 4.78 is 5.42. The third-order valence-corrected chi connectivity index (χ3v) is 5.42. The summed E-state index contributed by atoms with van der Waals surface area (Å²) in [6, 6.07) is 15.0. The molecule has 0 aliphatic carbocycles. The summed E-state index contributed by atoms with van der Waals surface area (Å²) in [5.41, 5.74) is 3.36. The van der Waals surface area contributed by atoms with Crippen LogP contribution in [-0.2, 0) is 11.3 Å². The molecule has 156 valence electrons. The number of amides is 1. The van der Waals surface area contributed by atoms with Gasteiger partial charge in [0.05, 0.1) is 19.2 Å². The van der Waals surface area contributed by atoms with Gasteiger partial charge in [0, 0.05) is 36.6 Å². The number of carboxylic acid groups (broad SMARTS) is 1. The van der Waals surface area contributed by atoms with Crippen molar-refractivity contribution < 1.29 is 19.4 Å². The molecule has 0 aliphatic heterocycles. The number of hydrogen-bond acceptors (Lipinski definition) is 6. The lowest BCUT2D eigenvalue weighted by Crippen LogP contribution is -2.26. The zero-order chi connectivity index (χ0) is 21.5. The van der Waals surface area contributed by atoms with E-state index >= 15 is 0 Å². The van der Waals surface area contributed by atoms with Gasteiger partial charge in [-0.1, -0.05) is 24.3 Å². The highest BCUT2D eigenvalue weighted by atomic mass is 32.1. The second-order valence-electron chi connectivity index (χ2n) is 6.67. The van der Waals surface area contributed by atoms with Crippen molar-refractivity contribution in [3.63, 3.8) is 0 Å². The molecule has 3 rings (SSSR count). The van der Waals surface area contributed by atoms with Gasteiger partial charge in [0.1, 0.15) is 5.75 Å². The van der Waals surface area contributed by atoms with Crippen LogP contribution in [0.5, 0.6) is 5.75 Å². The van der Waals surface area contributed by atoms with E-state index in [-0.39, 0.29) is 18.9 Å². The number of nitrogens with one attached hydrogen (secondary N) is 1. The van der Waals surface area contributed by atoms with Crippen LogP contribution in [0.2, 0.25) is 0 Å². The van der Waals surface area contributed by atoms with Gasteiger partial charge in [0.25, 0.3) is 5.91 Å². The van der Waals surface area contributed by atoms with Gasteiger partial charge in [0.2, 0.25) is 0 Å². The van der Waals surface area contributed by atoms with Crippen molar-refractivity contribution >= 4 is 28.3 Å². The molecule has 0 unspecified atom stereocenters. The maximum absolute atomic E-state index is 12.0. The highest BCUT2D eigenvalue weighted by Gasteiger charge is 2.13. The number of carbonyl (C=O) groups is 2. The minimum atomic E-state index is -0.940. The molecule has 0 spiro atoms. The van der Waals surface area contributed by atoms with Gasteiger partial charge < -0.3 is 20.1 Å². The molecule has 0 bridgehead atoms. The van der Waals surface area contributed by atoms with E-state index in [1.165, 1.54) is 0 Å². The summed E-state index contributed by atoms with van der Waals surface area (Å²) in [6.07, 6.45) is -0.0979. The summed E-state index contributed by atoms with van der Waals surface area (Å²) in [4.78, 5) is 29.3. The monoisotopic (exact) mass is 425 g/mol. The van der Waals surface area contributed by atoms with Crippen LogP contribution in [-0.4, -0.2) is 42.7 Å². The standard InChI is InChI=1S/C22H23N3O4S/c1-25(22-24-18(14-30-22)17-5-3-4-6-19(17)29-2)13-15-7-9-16(10-8-15)21(28)23-12-11-20(26)27/h3-10,14H,11-13H2,1-2H3,(H,23,28)(H,26,27). The highest BCUT2D eigenvalue weighted by Crippen LogP contribution is 2.33. The molecule has 1 aromatic heterocycles. The number of para-hydroxylation sites is 1. The first-order valence-electron chi connectivity index (χ1n) is 9.37. The number of nitrogens with zero attached hydrogens (tertiary/aromatic N) is 2. The lowest BCUT2D eigenvalue weighted by Gasteiger charge is -2.16. The Morgan fingerprint density at radius 2 is 1.90 bits per heavy atom. The summed E-state index contributed by atoms with van der Waals surface area (Å²) in [6.45, 7) is 0.747. The van der Waals surface area contributed by atoms with Crippen LogP contribution in [0.4, 0.5) is 5.13 Å². The second kappa shape index (κ2) is 9.89. The molecule has 0 saturated carbocycles. The van der Waals surface area contributed by atoms with Gasteiger partial charge in [-0.25, -0.2) is 4.98 Å². The Bertz CT molecular complexity index is 1020. The fraction of sp³-hybridized carbons (Fsp3) is 0.227. The quantitative estimate of drug-likeness (QED) is 0.544. The topological polar surface area (TPSA) is 91.8 Å². The van der Waals surface area contributed by atoms with E-state index in [1.54, 1.807) is 30.6 Å². The van der Waals surface area contributed by atoms with E-state index < -0.39 is 5.97 Å². The Morgan fingerprint density at radius 3 is 2.60 bits per heavy atom. The average Bonchev–Trinajstić information content (AvgIpc) is 3.24. The third kappa shape index (κ3) is 5.36. The number of carbonyl (C=O) groups excluding carboxylic acids is 1. The molecule has 0 atom stereocenters. The number of aromatic nitrogens is 1. The number of thiazole rings is 1. The van der Waals surface area contributed by atoms with Gasteiger partial charge in [0.15, 0.2) is 5.13 Å². The van der Waals surface area contributed by atoms with E-state index in [0.29, 0.717) is 12.1 Å². The predicted molar refractivity (Wildman–Crippen MR) is 117 cm³/mol. The fourth-order valence-corrected chi connectivity index (χ4v) is 3.70.